The Hall–Kier alpha value is -1.72. The Labute approximate surface area is 134 Å². The number of aromatic nitrogens is 1. The third kappa shape index (κ3) is 3.36. The first-order valence-electron chi connectivity index (χ1n) is 7.61. The number of nitrogens with zero attached hydrogens (tertiary/aromatic N) is 2. The van der Waals surface area contributed by atoms with Crippen LogP contribution in [0.25, 0.3) is 0 Å². The summed E-state index contributed by atoms with van der Waals surface area (Å²) in [7, 11) is 0. The predicted molar refractivity (Wildman–Crippen MR) is 86.5 cm³/mol. The lowest BCUT2D eigenvalue weighted by atomic mass is 10.1. The van der Waals surface area contributed by atoms with Gasteiger partial charge in [0.1, 0.15) is 11.1 Å². The minimum atomic E-state index is -0.300. The van der Waals surface area contributed by atoms with Crippen molar-refractivity contribution in [3.8, 4) is 0 Å². The molecule has 1 aliphatic heterocycles. The molecule has 1 aliphatic rings. The van der Waals surface area contributed by atoms with Crippen LogP contribution in [0.2, 0.25) is 0 Å². The molecule has 2 aromatic rings. The van der Waals surface area contributed by atoms with E-state index in [0.717, 1.165) is 23.4 Å². The van der Waals surface area contributed by atoms with Crippen LogP contribution in [0.1, 0.15) is 36.4 Å². The molecule has 5 heteroatoms. The van der Waals surface area contributed by atoms with Gasteiger partial charge < -0.3 is 9.64 Å². The Balaban J connectivity index is 1.83. The summed E-state index contributed by atoms with van der Waals surface area (Å²) in [6, 6.07) is 10.1. The van der Waals surface area contributed by atoms with Crippen LogP contribution in [-0.2, 0) is 16.1 Å². The van der Waals surface area contributed by atoms with Crippen LogP contribution in [0.5, 0.6) is 0 Å². The quantitative estimate of drug-likeness (QED) is 0.849. The summed E-state index contributed by atoms with van der Waals surface area (Å²) in [6.07, 6.45) is 3.25. The van der Waals surface area contributed by atoms with Crippen molar-refractivity contribution in [3.05, 3.63) is 52.5 Å². The highest BCUT2D eigenvalue weighted by atomic mass is 32.1. The number of hydrogen-bond acceptors (Lipinski definition) is 4. The van der Waals surface area contributed by atoms with Crippen molar-refractivity contribution in [2.75, 3.05) is 6.61 Å². The van der Waals surface area contributed by atoms with Gasteiger partial charge in [0, 0.05) is 18.2 Å². The zero-order valence-electron chi connectivity index (χ0n) is 12.6. The van der Waals surface area contributed by atoms with E-state index in [1.54, 1.807) is 17.5 Å². The number of amides is 1. The van der Waals surface area contributed by atoms with Crippen LogP contribution in [0.4, 0.5) is 0 Å². The van der Waals surface area contributed by atoms with E-state index >= 15 is 0 Å². The lowest BCUT2D eigenvalue weighted by molar-refractivity contribution is -0.144. The molecule has 22 heavy (non-hydrogen) atoms. The van der Waals surface area contributed by atoms with E-state index in [9.17, 15) is 4.79 Å². The summed E-state index contributed by atoms with van der Waals surface area (Å²) in [4.78, 5) is 19.1. The van der Waals surface area contributed by atoms with Gasteiger partial charge in [0.15, 0.2) is 0 Å². The van der Waals surface area contributed by atoms with Crippen molar-refractivity contribution in [2.24, 2.45) is 0 Å². The molecule has 4 nitrogen and oxygen atoms in total. The summed E-state index contributed by atoms with van der Waals surface area (Å²) < 4.78 is 5.59. The second kappa shape index (κ2) is 7.03. The third-order valence-electron chi connectivity index (χ3n) is 4.03. The van der Waals surface area contributed by atoms with Gasteiger partial charge in [0.05, 0.1) is 12.6 Å². The highest BCUT2D eigenvalue weighted by Crippen LogP contribution is 2.26. The molecule has 1 saturated heterocycles. The van der Waals surface area contributed by atoms with Crippen molar-refractivity contribution in [1.29, 1.82) is 0 Å². The molecule has 0 N–H and O–H groups in total. The maximum atomic E-state index is 12.9. The van der Waals surface area contributed by atoms with E-state index in [4.69, 9.17) is 4.74 Å². The van der Waals surface area contributed by atoms with Crippen LogP contribution in [0.3, 0.4) is 0 Å². The second-order valence-corrected chi connectivity index (χ2v) is 6.46. The molecule has 2 heterocycles. The molecule has 0 bridgehead atoms. The Kier molecular flexibility index (Phi) is 4.85. The number of benzene rings is 1. The third-order valence-corrected chi connectivity index (χ3v) is 4.79. The van der Waals surface area contributed by atoms with Gasteiger partial charge >= 0.3 is 0 Å². The summed E-state index contributed by atoms with van der Waals surface area (Å²) in [6.45, 7) is 3.28. The first-order valence-corrected chi connectivity index (χ1v) is 8.49. The fourth-order valence-corrected chi connectivity index (χ4v) is 3.37. The number of carbonyl (C=O) groups is 1. The first kappa shape index (κ1) is 15.2. The van der Waals surface area contributed by atoms with E-state index in [1.807, 2.05) is 28.5 Å². The molecule has 0 spiro atoms. The number of carbonyl (C=O) groups excluding carboxylic acids is 1. The van der Waals surface area contributed by atoms with Crippen LogP contribution < -0.4 is 0 Å². The Morgan fingerprint density at radius 1 is 1.45 bits per heavy atom. The Morgan fingerprint density at radius 3 is 2.91 bits per heavy atom. The largest absolute Gasteiger partial charge is 0.368 e. The molecule has 0 saturated carbocycles. The summed E-state index contributed by atoms with van der Waals surface area (Å²) in [5, 5.41) is 2.89. The zero-order chi connectivity index (χ0) is 15.4. The lowest BCUT2D eigenvalue weighted by Crippen LogP contribution is -2.40. The van der Waals surface area contributed by atoms with Crippen molar-refractivity contribution >= 4 is 17.2 Å². The number of hydrogen-bond donors (Lipinski definition) is 0. The summed E-state index contributed by atoms with van der Waals surface area (Å²) >= 11 is 1.58. The van der Waals surface area contributed by atoms with Gasteiger partial charge in [-0.15, -0.1) is 11.3 Å². The van der Waals surface area contributed by atoms with Gasteiger partial charge in [0.25, 0.3) is 5.91 Å². The van der Waals surface area contributed by atoms with Gasteiger partial charge in [-0.2, -0.15) is 0 Å². The van der Waals surface area contributed by atoms with Gasteiger partial charge in [0.2, 0.25) is 0 Å². The van der Waals surface area contributed by atoms with E-state index in [2.05, 4.69) is 24.0 Å². The van der Waals surface area contributed by atoms with Crippen molar-refractivity contribution in [2.45, 2.75) is 38.5 Å². The van der Waals surface area contributed by atoms with Crippen LogP contribution in [-0.4, -0.2) is 28.5 Å². The van der Waals surface area contributed by atoms with Gasteiger partial charge in [-0.05, 0) is 25.3 Å². The van der Waals surface area contributed by atoms with Crippen LogP contribution >= 0.6 is 11.3 Å². The minimum Gasteiger partial charge on any atom is -0.368 e. The number of rotatable bonds is 5. The molecule has 1 amide bonds. The molecule has 2 atom stereocenters. The number of thiazole rings is 1. The van der Waals surface area contributed by atoms with E-state index in [0.29, 0.717) is 13.2 Å². The van der Waals surface area contributed by atoms with Crippen LogP contribution in [0, 0.1) is 0 Å². The second-order valence-electron chi connectivity index (χ2n) is 5.48. The van der Waals surface area contributed by atoms with E-state index in [1.165, 1.54) is 0 Å². The molecule has 0 unspecified atom stereocenters. The maximum absolute atomic E-state index is 12.9. The Morgan fingerprint density at radius 2 is 2.27 bits per heavy atom. The van der Waals surface area contributed by atoms with Crippen molar-refractivity contribution < 1.29 is 9.53 Å². The zero-order valence-corrected chi connectivity index (χ0v) is 13.5. The maximum Gasteiger partial charge on any atom is 0.252 e. The van der Waals surface area contributed by atoms with Gasteiger partial charge in [-0.3, -0.25) is 4.79 Å². The molecule has 3 rings (SSSR count). The van der Waals surface area contributed by atoms with Crippen molar-refractivity contribution in [3.63, 3.8) is 0 Å². The SMILES string of the molecule is C[C@@H](c1ccccc1)N(Cc1nccs1)C(=O)[C@@H]1CCCO1. The predicted octanol–water partition coefficient (Wildman–Crippen LogP) is 3.41. The molecular weight excluding hydrogens is 296 g/mol. The monoisotopic (exact) mass is 316 g/mol. The lowest BCUT2D eigenvalue weighted by Gasteiger charge is -2.31. The highest BCUT2D eigenvalue weighted by molar-refractivity contribution is 7.09. The minimum absolute atomic E-state index is 0.00167. The standard InChI is InChI=1S/C17H20N2O2S/c1-13(14-6-3-2-4-7-14)19(12-16-18-9-11-22-16)17(20)15-8-5-10-21-15/h2-4,6-7,9,11,13,15H,5,8,10,12H2,1H3/t13-,15-/m0/s1. The normalized spacial score (nSPS) is 19.0. The molecule has 0 aliphatic carbocycles. The summed E-state index contributed by atoms with van der Waals surface area (Å²) in [5.41, 5.74) is 1.13. The van der Waals surface area contributed by atoms with E-state index in [-0.39, 0.29) is 18.1 Å². The number of ether oxygens (including phenoxy) is 1. The topological polar surface area (TPSA) is 42.4 Å². The summed E-state index contributed by atoms with van der Waals surface area (Å²) in [5.74, 6) is 0.0732. The fraction of sp³-hybridized carbons (Fsp3) is 0.412. The van der Waals surface area contributed by atoms with Crippen LogP contribution in [0.15, 0.2) is 41.9 Å². The molecule has 1 aromatic heterocycles. The average Bonchev–Trinajstić information content (AvgIpc) is 3.25. The molecular formula is C17H20N2O2S. The average molecular weight is 316 g/mol. The fourth-order valence-electron chi connectivity index (χ4n) is 2.75. The molecule has 1 fully saturated rings. The smallest absolute Gasteiger partial charge is 0.252 e. The molecule has 116 valence electrons. The highest BCUT2D eigenvalue weighted by Gasteiger charge is 2.31. The first-order chi connectivity index (χ1) is 10.8. The molecule has 0 radical (unpaired) electrons. The van der Waals surface area contributed by atoms with E-state index < -0.39 is 0 Å². The molecule has 1 aromatic carbocycles. The van der Waals surface area contributed by atoms with Gasteiger partial charge in [-0.1, -0.05) is 30.3 Å². The Bertz CT molecular complexity index is 594. The van der Waals surface area contributed by atoms with Gasteiger partial charge in [-0.25, -0.2) is 4.98 Å². The van der Waals surface area contributed by atoms with Crippen molar-refractivity contribution in [1.82, 2.24) is 9.88 Å².